The van der Waals surface area contributed by atoms with Crippen LogP contribution in [0.25, 0.3) is 0 Å². The van der Waals surface area contributed by atoms with Crippen LogP contribution in [-0.2, 0) is 22.4 Å². The Morgan fingerprint density at radius 1 is 1.06 bits per heavy atom. The van der Waals surface area contributed by atoms with E-state index in [0.29, 0.717) is 31.6 Å². The largest absolute Gasteiger partial charge is 0.478 e. The number of aliphatic carboxylic acids is 1. The van der Waals surface area contributed by atoms with Gasteiger partial charge < -0.3 is 14.7 Å². The average molecular weight is 460 g/mol. The van der Waals surface area contributed by atoms with Gasteiger partial charge >= 0.3 is 5.97 Å². The minimum absolute atomic E-state index is 0.163. The number of rotatable bonds is 15. The SMILES string of the molecule is CCCCCCCN(CCc1cccc(OC(C)(CC)C(=O)O)c1)C(=O)Cc1ccsc1. The van der Waals surface area contributed by atoms with Gasteiger partial charge in [-0.05, 0) is 66.3 Å². The van der Waals surface area contributed by atoms with Crippen molar-refractivity contribution in [1.82, 2.24) is 4.90 Å². The molecule has 1 aromatic heterocycles. The van der Waals surface area contributed by atoms with Gasteiger partial charge in [-0.3, -0.25) is 4.79 Å². The van der Waals surface area contributed by atoms with Crippen LogP contribution < -0.4 is 4.74 Å². The van der Waals surface area contributed by atoms with E-state index in [1.807, 2.05) is 39.9 Å². The third-order valence-electron chi connectivity index (χ3n) is 5.86. The Bertz CT molecular complexity index is 836. The first kappa shape index (κ1) is 25.9. The van der Waals surface area contributed by atoms with Gasteiger partial charge in [-0.2, -0.15) is 11.3 Å². The first-order valence-corrected chi connectivity index (χ1v) is 12.6. The fourth-order valence-electron chi connectivity index (χ4n) is 3.50. The van der Waals surface area contributed by atoms with Gasteiger partial charge in [0.05, 0.1) is 6.42 Å². The van der Waals surface area contributed by atoms with Crippen molar-refractivity contribution in [2.24, 2.45) is 0 Å². The van der Waals surface area contributed by atoms with E-state index in [2.05, 4.69) is 6.92 Å². The third-order valence-corrected chi connectivity index (χ3v) is 6.59. The number of hydrogen-bond donors (Lipinski definition) is 1. The summed E-state index contributed by atoms with van der Waals surface area (Å²) in [6.45, 7) is 7.01. The molecule has 1 amide bonds. The molecule has 1 N–H and O–H groups in total. The summed E-state index contributed by atoms with van der Waals surface area (Å²) in [5, 5.41) is 13.5. The summed E-state index contributed by atoms with van der Waals surface area (Å²) in [7, 11) is 0. The summed E-state index contributed by atoms with van der Waals surface area (Å²) in [4.78, 5) is 26.5. The van der Waals surface area contributed by atoms with Crippen LogP contribution in [0.4, 0.5) is 0 Å². The van der Waals surface area contributed by atoms with Crippen molar-refractivity contribution in [2.45, 2.75) is 77.7 Å². The molecule has 0 bridgehead atoms. The molecule has 0 radical (unpaired) electrons. The van der Waals surface area contributed by atoms with Crippen LogP contribution >= 0.6 is 11.3 Å². The molecule has 0 aliphatic rings. The zero-order valence-corrected chi connectivity index (χ0v) is 20.5. The molecule has 1 aromatic carbocycles. The number of unbranched alkanes of at least 4 members (excludes halogenated alkanes) is 4. The van der Waals surface area contributed by atoms with E-state index in [1.54, 1.807) is 31.3 Å². The van der Waals surface area contributed by atoms with E-state index >= 15 is 0 Å². The van der Waals surface area contributed by atoms with Crippen molar-refractivity contribution in [3.8, 4) is 5.75 Å². The highest BCUT2D eigenvalue weighted by molar-refractivity contribution is 7.08. The van der Waals surface area contributed by atoms with Crippen LogP contribution in [-0.4, -0.2) is 40.6 Å². The third kappa shape index (κ3) is 8.30. The molecule has 1 unspecified atom stereocenters. The second-order valence-electron chi connectivity index (χ2n) is 8.49. The molecule has 0 spiro atoms. The summed E-state index contributed by atoms with van der Waals surface area (Å²) >= 11 is 1.61. The molecule has 0 saturated heterocycles. The van der Waals surface area contributed by atoms with Crippen molar-refractivity contribution in [1.29, 1.82) is 0 Å². The maximum atomic E-state index is 13.0. The quantitative estimate of drug-likeness (QED) is 0.334. The smallest absolute Gasteiger partial charge is 0.347 e. The van der Waals surface area contributed by atoms with Crippen LogP contribution in [0.15, 0.2) is 41.1 Å². The number of thiophene rings is 1. The van der Waals surface area contributed by atoms with Crippen molar-refractivity contribution < 1.29 is 19.4 Å². The van der Waals surface area contributed by atoms with Gasteiger partial charge in [0.2, 0.25) is 11.5 Å². The summed E-state index contributed by atoms with van der Waals surface area (Å²) in [6, 6.07) is 9.56. The van der Waals surface area contributed by atoms with Crippen LogP contribution in [0, 0.1) is 0 Å². The Kier molecular flexibility index (Phi) is 10.7. The van der Waals surface area contributed by atoms with Crippen molar-refractivity contribution >= 4 is 23.2 Å². The summed E-state index contributed by atoms with van der Waals surface area (Å²) in [5.41, 5.74) is 0.851. The van der Waals surface area contributed by atoms with Crippen molar-refractivity contribution in [2.75, 3.05) is 13.1 Å². The van der Waals surface area contributed by atoms with Gasteiger partial charge in [0.25, 0.3) is 0 Å². The lowest BCUT2D eigenvalue weighted by atomic mass is 10.0. The number of carbonyl (C=O) groups is 2. The summed E-state index contributed by atoms with van der Waals surface area (Å²) in [6.07, 6.45) is 7.33. The Morgan fingerprint density at radius 2 is 1.84 bits per heavy atom. The molecule has 0 saturated carbocycles. The van der Waals surface area contributed by atoms with Gasteiger partial charge in [0.15, 0.2) is 0 Å². The van der Waals surface area contributed by atoms with E-state index < -0.39 is 11.6 Å². The Hall–Kier alpha value is -2.34. The van der Waals surface area contributed by atoms with Crippen LogP contribution in [0.2, 0.25) is 0 Å². The number of carbonyl (C=O) groups excluding carboxylic acids is 1. The van der Waals surface area contributed by atoms with Gasteiger partial charge in [-0.25, -0.2) is 4.79 Å². The fourth-order valence-corrected chi connectivity index (χ4v) is 4.17. The Balaban J connectivity index is 2.00. The number of nitrogens with zero attached hydrogens (tertiary/aromatic N) is 1. The van der Waals surface area contributed by atoms with E-state index in [4.69, 9.17) is 4.74 Å². The van der Waals surface area contributed by atoms with E-state index in [-0.39, 0.29) is 5.91 Å². The number of ether oxygens (including phenoxy) is 1. The van der Waals surface area contributed by atoms with Gasteiger partial charge in [0.1, 0.15) is 5.75 Å². The lowest BCUT2D eigenvalue weighted by Gasteiger charge is -2.25. The molecule has 1 atom stereocenters. The normalized spacial score (nSPS) is 12.8. The molecule has 176 valence electrons. The zero-order chi connectivity index (χ0) is 23.4. The van der Waals surface area contributed by atoms with Crippen LogP contribution in [0.1, 0.15) is 70.4 Å². The van der Waals surface area contributed by atoms with Crippen LogP contribution in [0.5, 0.6) is 5.75 Å². The lowest BCUT2D eigenvalue weighted by Crippen LogP contribution is -2.40. The fraction of sp³-hybridized carbons (Fsp3) is 0.538. The molecule has 5 nitrogen and oxygen atoms in total. The van der Waals surface area contributed by atoms with Gasteiger partial charge in [-0.1, -0.05) is 51.7 Å². The van der Waals surface area contributed by atoms with Crippen molar-refractivity contribution in [3.63, 3.8) is 0 Å². The second-order valence-corrected chi connectivity index (χ2v) is 9.27. The lowest BCUT2D eigenvalue weighted by molar-refractivity contribution is -0.154. The monoisotopic (exact) mass is 459 g/mol. The molecule has 0 aliphatic carbocycles. The molecule has 2 rings (SSSR count). The highest BCUT2D eigenvalue weighted by Gasteiger charge is 2.33. The van der Waals surface area contributed by atoms with E-state index in [9.17, 15) is 14.7 Å². The molecular weight excluding hydrogens is 422 g/mol. The Labute approximate surface area is 196 Å². The maximum absolute atomic E-state index is 13.0. The molecule has 1 heterocycles. The molecule has 0 fully saturated rings. The maximum Gasteiger partial charge on any atom is 0.347 e. The number of benzene rings is 1. The van der Waals surface area contributed by atoms with Gasteiger partial charge in [-0.15, -0.1) is 0 Å². The van der Waals surface area contributed by atoms with Crippen LogP contribution in [0.3, 0.4) is 0 Å². The highest BCUT2D eigenvalue weighted by Crippen LogP contribution is 2.23. The highest BCUT2D eigenvalue weighted by atomic mass is 32.1. The molecule has 0 aliphatic heterocycles. The number of hydrogen-bond acceptors (Lipinski definition) is 4. The molecule has 32 heavy (non-hydrogen) atoms. The van der Waals surface area contributed by atoms with Crippen molar-refractivity contribution in [3.05, 3.63) is 52.2 Å². The number of carboxylic acid groups (broad SMARTS) is 1. The first-order valence-electron chi connectivity index (χ1n) is 11.7. The number of amides is 1. The molecule has 6 heteroatoms. The minimum atomic E-state index is -1.25. The van der Waals surface area contributed by atoms with E-state index in [1.165, 1.54) is 19.3 Å². The molecular formula is C26H37NO4S. The summed E-state index contributed by atoms with van der Waals surface area (Å²) < 4.78 is 5.80. The minimum Gasteiger partial charge on any atom is -0.478 e. The predicted octanol–water partition coefficient (Wildman–Crippen LogP) is 5.96. The first-order chi connectivity index (χ1) is 15.4. The predicted molar refractivity (Wildman–Crippen MR) is 130 cm³/mol. The van der Waals surface area contributed by atoms with Gasteiger partial charge in [0, 0.05) is 13.1 Å². The summed E-state index contributed by atoms with van der Waals surface area (Å²) in [5.74, 6) is -0.264. The molecule has 2 aromatic rings. The van der Waals surface area contributed by atoms with E-state index in [0.717, 1.165) is 30.5 Å². The average Bonchev–Trinajstić information content (AvgIpc) is 3.28. The zero-order valence-electron chi connectivity index (χ0n) is 19.6. The standard InChI is InChI=1S/C26H37NO4S/c1-4-6-7-8-9-15-27(24(28)19-22-14-17-32-20-22)16-13-21-11-10-12-23(18-21)31-26(3,5-2)25(29)30/h10-12,14,17-18,20H,4-9,13,15-16,19H2,1-3H3,(H,29,30). The second kappa shape index (κ2) is 13.3. The Morgan fingerprint density at radius 3 is 2.50 bits per heavy atom. The number of carboxylic acids is 1. The topological polar surface area (TPSA) is 66.8 Å².